The van der Waals surface area contributed by atoms with E-state index in [2.05, 4.69) is 5.32 Å². The minimum absolute atomic E-state index is 0.00115. The monoisotopic (exact) mass is 255 g/mol. The molecule has 0 aromatic heterocycles. The average Bonchev–Trinajstić information content (AvgIpc) is 2.15. The van der Waals surface area contributed by atoms with E-state index >= 15 is 0 Å². The number of hydrogen-bond donors (Lipinski definition) is 1. The van der Waals surface area contributed by atoms with E-state index < -0.39 is 0 Å². The Morgan fingerprint density at radius 2 is 2.00 bits per heavy atom. The van der Waals surface area contributed by atoms with E-state index in [1.165, 1.54) is 5.54 Å². The molecule has 0 saturated heterocycles. The molecule has 0 aliphatic carbocycles. The lowest BCUT2D eigenvalue weighted by Gasteiger charge is -2.17. The third-order valence-corrected chi connectivity index (χ3v) is 2.06. The number of hydrogen-bond acceptors (Lipinski definition) is 1. The van der Waals surface area contributed by atoms with Crippen molar-refractivity contribution in [2.75, 3.05) is 0 Å². The molecule has 0 aliphatic heterocycles. The summed E-state index contributed by atoms with van der Waals surface area (Å²) < 4.78 is 0. The van der Waals surface area contributed by atoms with Crippen LogP contribution in [0.2, 0.25) is 0 Å². The molecular weight excluding hydrogens is 234 g/mol. The molecular formula is C14H22ClNO. The second-order valence-electron chi connectivity index (χ2n) is 5.04. The van der Waals surface area contributed by atoms with Gasteiger partial charge in [-0.2, -0.15) is 0 Å². The molecule has 0 radical (unpaired) electrons. The smallest absolute Gasteiger partial charge is 0.224 e. The Labute approximate surface area is 109 Å². The molecule has 17 heavy (non-hydrogen) atoms. The highest BCUT2D eigenvalue weighted by molar-refractivity contribution is 6.25. The Balaban J connectivity index is 4.45. The van der Waals surface area contributed by atoms with E-state index in [-0.39, 0.29) is 11.3 Å². The van der Waals surface area contributed by atoms with Crippen LogP contribution >= 0.6 is 11.6 Å². The van der Waals surface area contributed by atoms with Gasteiger partial charge in [0, 0.05) is 17.7 Å². The molecule has 1 amide bonds. The lowest BCUT2D eigenvalue weighted by atomic mass is 9.92. The van der Waals surface area contributed by atoms with E-state index in [1.807, 2.05) is 52.0 Å². The Morgan fingerprint density at radius 1 is 1.35 bits per heavy atom. The van der Waals surface area contributed by atoms with Crippen LogP contribution in [0.25, 0.3) is 0 Å². The first-order chi connectivity index (χ1) is 7.89. The lowest BCUT2D eigenvalue weighted by molar-refractivity contribution is -0.122. The van der Waals surface area contributed by atoms with Gasteiger partial charge in [-0.05, 0) is 24.8 Å². The van der Waals surface area contributed by atoms with Gasteiger partial charge in [-0.25, -0.2) is 0 Å². The summed E-state index contributed by atoms with van der Waals surface area (Å²) in [5.41, 5.74) is 2.29. The number of carbonyl (C=O) groups excluding carboxylic acids is 1. The lowest BCUT2D eigenvalue weighted by Crippen LogP contribution is -2.26. The van der Waals surface area contributed by atoms with Gasteiger partial charge >= 0.3 is 0 Å². The van der Waals surface area contributed by atoms with Crippen molar-refractivity contribution in [2.45, 2.75) is 40.5 Å². The van der Waals surface area contributed by atoms with Crippen LogP contribution in [0.4, 0.5) is 0 Å². The fourth-order valence-electron chi connectivity index (χ4n) is 1.27. The molecule has 3 heteroatoms. The average molecular weight is 256 g/mol. The van der Waals surface area contributed by atoms with Crippen LogP contribution in [0.15, 0.2) is 35.5 Å². The van der Waals surface area contributed by atoms with E-state index in [1.54, 1.807) is 0 Å². The molecule has 0 aliphatic rings. The second kappa shape index (κ2) is 8.13. The van der Waals surface area contributed by atoms with Crippen molar-refractivity contribution in [3.63, 3.8) is 0 Å². The predicted molar refractivity (Wildman–Crippen MR) is 74.7 cm³/mol. The molecule has 2 nitrogen and oxygen atoms in total. The van der Waals surface area contributed by atoms with Crippen molar-refractivity contribution in [2.24, 2.45) is 5.41 Å². The highest BCUT2D eigenvalue weighted by Gasteiger charge is 2.15. The van der Waals surface area contributed by atoms with Gasteiger partial charge in [-0.15, -0.1) is 0 Å². The maximum Gasteiger partial charge on any atom is 0.224 e. The first kappa shape index (κ1) is 16.0. The minimum atomic E-state index is 0.00115. The van der Waals surface area contributed by atoms with Crippen molar-refractivity contribution < 1.29 is 4.79 Å². The van der Waals surface area contributed by atoms with E-state index in [0.29, 0.717) is 12.8 Å². The molecule has 0 fully saturated rings. The third kappa shape index (κ3) is 9.88. The molecule has 0 bridgehead atoms. The van der Waals surface area contributed by atoms with Gasteiger partial charge in [0.2, 0.25) is 5.91 Å². The molecule has 0 atom stereocenters. The van der Waals surface area contributed by atoms with Crippen LogP contribution < -0.4 is 5.32 Å². The fourth-order valence-corrected chi connectivity index (χ4v) is 1.38. The quantitative estimate of drug-likeness (QED) is 0.735. The molecule has 0 saturated carbocycles. The summed E-state index contributed by atoms with van der Waals surface area (Å²) in [6.07, 6.45) is 8.74. The second-order valence-corrected chi connectivity index (χ2v) is 5.29. The molecule has 96 valence electrons. The zero-order chi connectivity index (χ0) is 13.3. The van der Waals surface area contributed by atoms with Crippen molar-refractivity contribution in [1.82, 2.24) is 5.32 Å². The molecule has 0 heterocycles. The normalized spacial score (nSPS) is 13.6. The summed E-state index contributed by atoms with van der Waals surface area (Å²) in [5, 5.41) is 2.89. The molecule has 0 aromatic rings. The van der Waals surface area contributed by atoms with Crippen LogP contribution in [0.5, 0.6) is 0 Å². The SMILES string of the molecule is C/C=C\C(=C/C/C=C/Cl)NC(=O)CC(C)(C)C. The van der Waals surface area contributed by atoms with Crippen molar-refractivity contribution in [3.8, 4) is 0 Å². The van der Waals surface area contributed by atoms with Crippen LogP contribution in [-0.2, 0) is 4.79 Å². The zero-order valence-electron chi connectivity index (χ0n) is 11.1. The van der Waals surface area contributed by atoms with Gasteiger partial charge < -0.3 is 5.32 Å². The number of allylic oxidation sites excluding steroid dienone is 4. The van der Waals surface area contributed by atoms with Gasteiger partial charge in [-0.3, -0.25) is 4.79 Å². The molecule has 0 spiro atoms. The van der Waals surface area contributed by atoms with Crippen molar-refractivity contribution in [1.29, 1.82) is 0 Å². The van der Waals surface area contributed by atoms with Crippen molar-refractivity contribution >= 4 is 17.5 Å². The number of carbonyl (C=O) groups is 1. The highest BCUT2D eigenvalue weighted by Crippen LogP contribution is 2.18. The van der Waals surface area contributed by atoms with Gasteiger partial charge in [0.15, 0.2) is 0 Å². The van der Waals surface area contributed by atoms with Crippen LogP contribution in [-0.4, -0.2) is 5.91 Å². The maximum atomic E-state index is 11.7. The van der Waals surface area contributed by atoms with Crippen LogP contribution in [0, 0.1) is 5.41 Å². The Hall–Kier alpha value is -1.02. The highest BCUT2D eigenvalue weighted by atomic mass is 35.5. The molecule has 0 unspecified atom stereocenters. The summed E-state index contributed by atoms with van der Waals surface area (Å²) in [5.74, 6) is 0.0386. The van der Waals surface area contributed by atoms with Gasteiger partial charge in [0.25, 0.3) is 0 Å². The number of halogens is 1. The zero-order valence-corrected chi connectivity index (χ0v) is 11.8. The number of nitrogens with one attached hydrogen (secondary N) is 1. The number of amides is 1. The topological polar surface area (TPSA) is 29.1 Å². The van der Waals surface area contributed by atoms with Gasteiger partial charge in [0.05, 0.1) is 0 Å². The standard InChI is InChI=1S/C14H22ClNO/c1-5-8-12(9-6-7-10-15)16-13(17)11-14(2,3)4/h5,7-10H,6,11H2,1-4H3,(H,16,17)/b8-5-,10-7+,12-9+. The maximum absolute atomic E-state index is 11.7. The minimum Gasteiger partial charge on any atom is -0.326 e. The summed E-state index contributed by atoms with van der Waals surface area (Å²) in [7, 11) is 0. The Kier molecular flexibility index (Phi) is 7.64. The van der Waals surface area contributed by atoms with Gasteiger partial charge in [0.1, 0.15) is 0 Å². The third-order valence-electron chi connectivity index (χ3n) is 1.88. The van der Waals surface area contributed by atoms with E-state index in [9.17, 15) is 4.79 Å². The predicted octanol–water partition coefficient (Wildman–Crippen LogP) is 4.14. The molecule has 0 aromatic carbocycles. The summed E-state index contributed by atoms with van der Waals surface area (Å²) in [6.45, 7) is 8.05. The summed E-state index contributed by atoms with van der Waals surface area (Å²) in [4.78, 5) is 11.7. The number of rotatable bonds is 5. The Bertz CT molecular complexity index is 322. The summed E-state index contributed by atoms with van der Waals surface area (Å²) >= 11 is 5.44. The van der Waals surface area contributed by atoms with Crippen LogP contribution in [0.3, 0.4) is 0 Å². The first-order valence-electron chi connectivity index (χ1n) is 5.77. The van der Waals surface area contributed by atoms with Gasteiger partial charge in [-0.1, -0.05) is 50.6 Å². The molecule has 0 rings (SSSR count). The first-order valence-corrected chi connectivity index (χ1v) is 6.20. The summed E-state index contributed by atoms with van der Waals surface area (Å²) in [6, 6.07) is 0. The largest absolute Gasteiger partial charge is 0.326 e. The fraction of sp³-hybridized carbons (Fsp3) is 0.500. The van der Waals surface area contributed by atoms with Crippen LogP contribution in [0.1, 0.15) is 40.5 Å². The molecule has 1 N–H and O–H groups in total. The van der Waals surface area contributed by atoms with E-state index in [4.69, 9.17) is 11.6 Å². The van der Waals surface area contributed by atoms with Crippen molar-refractivity contribution in [3.05, 3.63) is 35.5 Å². The van der Waals surface area contributed by atoms with E-state index in [0.717, 1.165) is 5.70 Å². The Morgan fingerprint density at radius 3 is 2.47 bits per heavy atom.